The highest BCUT2D eigenvalue weighted by molar-refractivity contribution is 7.80. The van der Waals surface area contributed by atoms with Crippen molar-refractivity contribution >= 4 is 36.4 Å². The van der Waals surface area contributed by atoms with E-state index in [-0.39, 0.29) is 11.7 Å². The molecule has 6 N–H and O–H groups in total. The second-order valence-electron chi connectivity index (χ2n) is 5.48. The van der Waals surface area contributed by atoms with Gasteiger partial charge >= 0.3 is 11.9 Å². The fourth-order valence-electron chi connectivity index (χ4n) is 1.73. The second-order valence-corrected chi connectivity index (χ2v) is 5.84. The van der Waals surface area contributed by atoms with Gasteiger partial charge in [-0.05, 0) is 12.3 Å². The third-order valence-corrected chi connectivity index (χ3v) is 3.24. The molecule has 0 radical (unpaired) electrons. The van der Waals surface area contributed by atoms with Crippen LogP contribution in [0.15, 0.2) is 0 Å². The Balaban J connectivity index is 4.75. The summed E-state index contributed by atoms with van der Waals surface area (Å²) in [7, 11) is 0. The smallest absolute Gasteiger partial charge is 0.326 e. The first-order valence-electron chi connectivity index (χ1n) is 7.00. The van der Waals surface area contributed by atoms with Gasteiger partial charge in [0.25, 0.3) is 0 Å². The third kappa shape index (κ3) is 8.41. The van der Waals surface area contributed by atoms with Gasteiger partial charge in [0.1, 0.15) is 12.1 Å². The van der Waals surface area contributed by atoms with Crippen LogP contribution in [0.3, 0.4) is 0 Å². The number of carbonyl (C=O) groups is 4. The molecule has 0 heterocycles. The standard InChI is InChI=1S/C13H23N3O6S/c1-6(2)3-7(14)11(19)16-9(5-23)12(20)15-8(13(21)22)4-10(17)18/h6-9,23H,3-5,14H2,1-2H3,(H,15,20)(H,16,19)(H,17,18)(H,21,22). The SMILES string of the molecule is CC(C)CC(N)C(=O)NC(CS)C(=O)NC(CC(=O)O)C(=O)O. The van der Waals surface area contributed by atoms with Crippen molar-refractivity contribution in [3.63, 3.8) is 0 Å². The molecule has 0 aromatic carbocycles. The molecule has 2 amide bonds. The lowest BCUT2D eigenvalue weighted by molar-refractivity contribution is -0.147. The van der Waals surface area contributed by atoms with Crippen molar-refractivity contribution in [2.45, 2.75) is 44.8 Å². The van der Waals surface area contributed by atoms with Crippen molar-refractivity contribution in [1.82, 2.24) is 10.6 Å². The van der Waals surface area contributed by atoms with Crippen LogP contribution in [0.5, 0.6) is 0 Å². The van der Waals surface area contributed by atoms with E-state index in [2.05, 4.69) is 23.3 Å². The minimum atomic E-state index is -1.59. The summed E-state index contributed by atoms with van der Waals surface area (Å²) < 4.78 is 0. The summed E-state index contributed by atoms with van der Waals surface area (Å²) in [4.78, 5) is 45.4. The predicted molar refractivity (Wildman–Crippen MR) is 85.0 cm³/mol. The lowest BCUT2D eigenvalue weighted by Crippen LogP contribution is -2.55. The van der Waals surface area contributed by atoms with E-state index in [0.29, 0.717) is 6.42 Å². The van der Waals surface area contributed by atoms with Gasteiger partial charge in [0.05, 0.1) is 12.5 Å². The Hall–Kier alpha value is -1.81. The zero-order chi connectivity index (χ0) is 18.2. The Morgan fingerprint density at radius 1 is 1.04 bits per heavy atom. The molecule has 0 aromatic rings. The van der Waals surface area contributed by atoms with Crippen LogP contribution in [-0.2, 0) is 19.2 Å². The van der Waals surface area contributed by atoms with Crippen molar-refractivity contribution in [1.29, 1.82) is 0 Å². The average molecular weight is 349 g/mol. The Kier molecular flexibility index (Phi) is 9.27. The molecule has 3 unspecified atom stereocenters. The quantitative estimate of drug-likeness (QED) is 0.271. The number of hydrogen-bond donors (Lipinski definition) is 6. The Labute approximate surface area is 139 Å². The molecule has 0 saturated carbocycles. The van der Waals surface area contributed by atoms with Crippen molar-refractivity contribution < 1.29 is 29.4 Å². The molecule has 3 atom stereocenters. The fourth-order valence-corrected chi connectivity index (χ4v) is 1.99. The topological polar surface area (TPSA) is 159 Å². The molecule has 0 aliphatic heterocycles. The molecular formula is C13H23N3O6S. The zero-order valence-electron chi connectivity index (χ0n) is 13.0. The maximum atomic E-state index is 12.0. The van der Waals surface area contributed by atoms with Crippen molar-refractivity contribution in [3.05, 3.63) is 0 Å². The van der Waals surface area contributed by atoms with E-state index in [9.17, 15) is 19.2 Å². The first-order chi connectivity index (χ1) is 10.6. The summed E-state index contributed by atoms with van der Waals surface area (Å²) in [5.74, 6) is -4.15. The van der Waals surface area contributed by atoms with Crippen LogP contribution < -0.4 is 16.4 Å². The van der Waals surface area contributed by atoms with Gasteiger partial charge in [-0.15, -0.1) is 0 Å². The number of carbonyl (C=O) groups excluding carboxylic acids is 2. The van der Waals surface area contributed by atoms with Crippen LogP contribution in [0, 0.1) is 5.92 Å². The van der Waals surface area contributed by atoms with Gasteiger partial charge in [-0.25, -0.2) is 4.79 Å². The lowest BCUT2D eigenvalue weighted by atomic mass is 10.0. The molecule has 0 aliphatic carbocycles. The van der Waals surface area contributed by atoms with Gasteiger partial charge in [-0.1, -0.05) is 13.8 Å². The second kappa shape index (κ2) is 10.1. The van der Waals surface area contributed by atoms with E-state index in [1.807, 2.05) is 13.8 Å². The maximum Gasteiger partial charge on any atom is 0.326 e. The van der Waals surface area contributed by atoms with Crippen molar-refractivity contribution in [2.75, 3.05) is 5.75 Å². The van der Waals surface area contributed by atoms with Crippen LogP contribution in [-0.4, -0.2) is 57.8 Å². The maximum absolute atomic E-state index is 12.0. The summed E-state index contributed by atoms with van der Waals surface area (Å²) in [5.41, 5.74) is 5.70. The van der Waals surface area contributed by atoms with Crippen LogP contribution in [0.25, 0.3) is 0 Å². The van der Waals surface area contributed by atoms with Gasteiger partial charge in [0, 0.05) is 5.75 Å². The number of thiol groups is 1. The largest absolute Gasteiger partial charge is 0.481 e. The Morgan fingerprint density at radius 3 is 1.96 bits per heavy atom. The summed E-state index contributed by atoms with van der Waals surface area (Å²) in [6.07, 6.45) is -0.356. The summed E-state index contributed by atoms with van der Waals surface area (Å²) >= 11 is 3.93. The van der Waals surface area contributed by atoms with Gasteiger partial charge in [0.15, 0.2) is 0 Å². The first kappa shape index (κ1) is 21.2. The van der Waals surface area contributed by atoms with E-state index in [4.69, 9.17) is 15.9 Å². The van der Waals surface area contributed by atoms with E-state index in [1.165, 1.54) is 0 Å². The van der Waals surface area contributed by atoms with E-state index in [0.717, 1.165) is 0 Å². The first-order valence-corrected chi connectivity index (χ1v) is 7.63. The number of nitrogens with one attached hydrogen (secondary N) is 2. The van der Waals surface area contributed by atoms with Gasteiger partial charge in [-0.3, -0.25) is 14.4 Å². The molecule has 0 aromatic heterocycles. The normalized spacial score (nSPS) is 14.7. The summed E-state index contributed by atoms with van der Waals surface area (Å²) in [6.45, 7) is 3.78. The molecule has 9 nitrogen and oxygen atoms in total. The van der Waals surface area contributed by atoms with Crippen LogP contribution in [0.2, 0.25) is 0 Å². The highest BCUT2D eigenvalue weighted by Crippen LogP contribution is 2.03. The Morgan fingerprint density at radius 2 is 1.57 bits per heavy atom. The average Bonchev–Trinajstić information content (AvgIpc) is 2.41. The van der Waals surface area contributed by atoms with Crippen molar-refractivity contribution in [3.8, 4) is 0 Å². The number of carboxylic acids is 2. The molecule has 23 heavy (non-hydrogen) atoms. The summed E-state index contributed by atoms with van der Waals surface area (Å²) in [5, 5.41) is 22.0. The molecule has 0 saturated heterocycles. The Bertz CT molecular complexity index is 457. The summed E-state index contributed by atoms with van der Waals surface area (Å²) in [6, 6.07) is -3.51. The van der Waals surface area contributed by atoms with E-state index in [1.54, 1.807) is 0 Å². The van der Waals surface area contributed by atoms with Gasteiger partial charge in [-0.2, -0.15) is 12.6 Å². The molecule has 10 heteroatoms. The highest BCUT2D eigenvalue weighted by Gasteiger charge is 2.28. The van der Waals surface area contributed by atoms with E-state index >= 15 is 0 Å². The number of rotatable bonds is 10. The minimum Gasteiger partial charge on any atom is -0.481 e. The molecule has 0 fully saturated rings. The van der Waals surface area contributed by atoms with Crippen LogP contribution in [0.1, 0.15) is 26.7 Å². The number of nitrogens with two attached hydrogens (primary N) is 1. The number of hydrogen-bond acceptors (Lipinski definition) is 6. The van der Waals surface area contributed by atoms with Gasteiger partial charge in [0.2, 0.25) is 11.8 Å². The van der Waals surface area contributed by atoms with E-state index < -0.39 is 48.3 Å². The number of amides is 2. The molecule has 0 spiro atoms. The number of carboxylic acid groups (broad SMARTS) is 2. The van der Waals surface area contributed by atoms with Crippen LogP contribution in [0.4, 0.5) is 0 Å². The molecular weight excluding hydrogens is 326 g/mol. The highest BCUT2D eigenvalue weighted by atomic mass is 32.1. The molecule has 0 rings (SSSR count). The third-order valence-electron chi connectivity index (χ3n) is 2.87. The molecule has 0 bridgehead atoms. The van der Waals surface area contributed by atoms with Gasteiger partial charge < -0.3 is 26.6 Å². The molecule has 132 valence electrons. The zero-order valence-corrected chi connectivity index (χ0v) is 13.9. The monoisotopic (exact) mass is 349 g/mol. The predicted octanol–water partition coefficient (Wildman–Crippen LogP) is -1.18. The molecule has 0 aliphatic rings. The fraction of sp³-hybridized carbons (Fsp3) is 0.692. The number of aliphatic carboxylic acids is 2. The lowest BCUT2D eigenvalue weighted by Gasteiger charge is -2.21. The minimum absolute atomic E-state index is 0.0919. The van der Waals surface area contributed by atoms with Crippen LogP contribution >= 0.6 is 12.6 Å². The van der Waals surface area contributed by atoms with Crippen molar-refractivity contribution in [2.24, 2.45) is 11.7 Å².